The number of aromatic nitrogens is 7. The number of aromatic amines is 1. The Kier molecular flexibility index (Phi) is 6.67. The Balaban J connectivity index is 1.40. The predicted octanol–water partition coefficient (Wildman–Crippen LogP) is 5.65. The van der Waals surface area contributed by atoms with Gasteiger partial charge in [0, 0.05) is 37.4 Å². The number of aryl methyl sites for hydroxylation is 1. The van der Waals surface area contributed by atoms with Crippen LogP contribution in [0.15, 0.2) is 67.4 Å². The van der Waals surface area contributed by atoms with Crippen LogP contribution in [0, 0.1) is 0 Å². The van der Waals surface area contributed by atoms with Crippen LogP contribution < -0.4 is 20.7 Å². The van der Waals surface area contributed by atoms with Crippen LogP contribution in [-0.2, 0) is 11.6 Å². The summed E-state index contributed by atoms with van der Waals surface area (Å²) in [6.07, 6.45) is 3.62. The zero-order valence-electron chi connectivity index (χ0n) is 21.1. The number of fused-ring (bicyclic) bond motifs is 2. The average molecular weight is 577 g/mol. The van der Waals surface area contributed by atoms with Crippen molar-refractivity contribution in [2.45, 2.75) is 6.18 Å². The molecule has 0 atom stereocenters. The van der Waals surface area contributed by atoms with Crippen LogP contribution in [0.25, 0.3) is 33.2 Å². The van der Waals surface area contributed by atoms with Crippen molar-refractivity contribution >= 4 is 59.0 Å². The highest BCUT2D eigenvalue weighted by Crippen LogP contribution is 2.34. The van der Waals surface area contributed by atoms with E-state index in [1.54, 1.807) is 66.8 Å². The van der Waals surface area contributed by atoms with Gasteiger partial charge < -0.3 is 20.4 Å². The molecule has 0 saturated heterocycles. The second-order valence-corrected chi connectivity index (χ2v) is 9.51. The molecule has 0 bridgehead atoms. The van der Waals surface area contributed by atoms with Crippen molar-refractivity contribution in [3.63, 3.8) is 0 Å². The molecule has 6 rings (SSSR count). The lowest BCUT2D eigenvalue weighted by molar-refractivity contribution is -0.153. The van der Waals surface area contributed by atoms with E-state index in [1.807, 2.05) is 0 Å². The summed E-state index contributed by atoms with van der Waals surface area (Å²) in [6, 6.07) is 9.93. The van der Waals surface area contributed by atoms with Gasteiger partial charge in [-0.1, -0.05) is 6.07 Å². The van der Waals surface area contributed by atoms with Crippen LogP contribution in [0.3, 0.4) is 0 Å². The first-order valence-corrected chi connectivity index (χ1v) is 12.9. The molecule has 0 aliphatic carbocycles. The second-order valence-electron chi connectivity index (χ2n) is 8.88. The van der Waals surface area contributed by atoms with Gasteiger partial charge in [-0.25, -0.2) is 0 Å². The number of ether oxygens (including phenoxy) is 1. The summed E-state index contributed by atoms with van der Waals surface area (Å²) in [4.78, 5) is 20.6. The molecule has 0 spiro atoms. The number of alkyl halides is 3. The Morgan fingerprint density at radius 3 is 2.66 bits per heavy atom. The Labute approximate surface area is 231 Å². The van der Waals surface area contributed by atoms with Gasteiger partial charge in [-0.2, -0.15) is 28.2 Å². The lowest BCUT2D eigenvalue weighted by Crippen LogP contribution is -2.19. The number of rotatable bonds is 8. The number of hydrogen-bond acceptors (Lipinski definition) is 9. The number of benzene rings is 2. The van der Waals surface area contributed by atoms with E-state index in [4.69, 9.17) is 4.74 Å². The fourth-order valence-corrected chi connectivity index (χ4v) is 4.71. The maximum atomic E-state index is 13.0. The SMILES string of the molecule is Cn1cc(-c2ccc(OCC(F)(F)F)c(Nc3nc(Nc4ccc5nccnc5c4P=O)c4cc[nH]c4n3)c2)cn1. The maximum Gasteiger partial charge on any atom is 0.422 e. The monoisotopic (exact) mass is 577 g/mol. The van der Waals surface area contributed by atoms with Gasteiger partial charge in [0.1, 0.15) is 22.7 Å². The molecule has 4 aromatic heterocycles. The highest BCUT2D eigenvalue weighted by atomic mass is 31.1. The highest BCUT2D eigenvalue weighted by Gasteiger charge is 2.29. The zero-order chi connectivity index (χ0) is 28.6. The smallest absolute Gasteiger partial charge is 0.422 e. The Bertz CT molecular complexity index is 1910. The third kappa shape index (κ3) is 5.50. The van der Waals surface area contributed by atoms with Crippen LogP contribution >= 0.6 is 8.46 Å². The molecule has 0 aliphatic heterocycles. The number of nitrogens with one attached hydrogen (secondary N) is 3. The number of anilines is 4. The molecule has 41 heavy (non-hydrogen) atoms. The van der Waals surface area contributed by atoms with Gasteiger partial charge in [0.2, 0.25) is 5.95 Å². The van der Waals surface area contributed by atoms with Gasteiger partial charge in [-0.15, -0.1) is 0 Å². The molecule has 0 saturated carbocycles. The standard InChI is InChI=1S/C26H19F3N9O2P/c1-38-12-15(11-33-38)14-2-5-20(40-13-26(27,28)29)19(10-14)35-25-36-23-16(6-7-32-23)24(37-25)34-18-4-3-17-21(22(18)41-39)31-9-8-30-17/h2-12H,13H2,1H3,(H3,32,34,35,36,37). The lowest BCUT2D eigenvalue weighted by atomic mass is 10.1. The van der Waals surface area contributed by atoms with Crippen molar-refractivity contribution < 1.29 is 22.5 Å². The molecule has 206 valence electrons. The Morgan fingerprint density at radius 1 is 1.02 bits per heavy atom. The molecular weight excluding hydrogens is 558 g/mol. The fraction of sp³-hybridized carbons (Fsp3) is 0.115. The topological polar surface area (TPSA) is 136 Å². The first-order chi connectivity index (χ1) is 19.8. The molecule has 0 fully saturated rings. The van der Waals surface area contributed by atoms with Crippen molar-refractivity contribution in [1.29, 1.82) is 0 Å². The summed E-state index contributed by atoms with van der Waals surface area (Å²) in [6.45, 7) is -1.47. The molecule has 11 nitrogen and oxygen atoms in total. The van der Waals surface area contributed by atoms with Crippen LogP contribution in [-0.4, -0.2) is 47.5 Å². The van der Waals surface area contributed by atoms with Crippen molar-refractivity contribution in [2.75, 3.05) is 17.2 Å². The summed E-state index contributed by atoms with van der Waals surface area (Å²) in [5, 5.41) is 11.4. The van der Waals surface area contributed by atoms with E-state index >= 15 is 0 Å². The van der Waals surface area contributed by atoms with E-state index in [2.05, 4.69) is 40.7 Å². The number of nitrogens with zero attached hydrogens (tertiary/aromatic N) is 6. The fourth-order valence-electron chi connectivity index (χ4n) is 4.22. The minimum Gasteiger partial charge on any atom is -0.482 e. The van der Waals surface area contributed by atoms with Gasteiger partial charge in [-0.3, -0.25) is 19.2 Å². The summed E-state index contributed by atoms with van der Waals surface area (Å²) in [5.41, 5.74) is 3.63. The summed E-state index contributed by atoms with van der Waals surface area (Å²) < 4.78 is 57.8. The van der Waals surface area contributed by atoms with E-state index < -0.39 is 12.8 Å². The van der Waals surface area contributed by atoms with Gasteiger partial charge in [0.25, 0.3) is 0 Å². The van der Waals surface area contributed by atoms with E-state index in [9.17, 15) is 17.7 Å². The molecule has 0 unspecified atom stereocenters. The van der Waals surface area contributed by atoms with Gasteiger partial charge in [0.15, 0.2) is 15.1 Å². The molecular formula is C26H19F3N9O2P. The van der Waals surface area contributed by atoms with Crippen LogP contribution in [0.4, 0.5) is 36.3 Å². The summed E-state index contributed by atoms with van der Waals surface area (Å²) in [5.74, 6) is 0.387. The second kappa shape index (κ2) is 10.5. The first-order valence-electron chi connectivity index (χ1n) is 12.1. The van der Waals surface area contributed by atoms with Crippen LogP contribution in [0.1, 0.15) is 0 Å². The van der Waals surface area contributed by atoms with Crippen LogP contribution in [0.5, 0.6) is 5.75 Å². The van der Waals surface area contributed by atoms with Gasteiger partial charge in [0.05, 0.1) is 33.8 Å². The highest BCUT2D eigenvalue weighted by molar-refractivity contribution is 7.35. The summed E-state index contributed by atoms with van der Waals surface area (Å²) >= 11 is 0. The molecule has 4 heterocycles. The van der Waals surface area contributed by atoms with E-state index in [1.165, 1.54) is 12.3 Å². The molecule has 0 aliphatic rings. The maximum absolute atomic E-state index is 13.0. The zero-order valence-corrected chi connectivity index (χ0v) is 22.0. The predicted molar refractivity (Wildman–Crippen MR) is 147 cm³/mol. The summed E-state index contributed by atoms with van der Waals surface area (Å²) in [7, 11) is 1.49. The minimum absolute atomic E-state index is 0.0415. The number of H-pyrrole nitrogens is 1. The Hall–Kier alpha value is -5.10. The van der Waals surface area contributed by atoms with Gasteiger partial charge in [-0.05, 0) is 35.9 Å². The van der Waals surface area contributed by atoms with Crippen molar-refractivity contribution in [1.82, 2.24) is 34.7 Å². The van der Waals surface area contributed by atoms with E-state index in [-0.39, 0.29) is 25.8 Å². The van der Waals surface area contributed by atoms with E-state index in [0.717, 1.165) is 5.56 Å². The largest absolute Gasteiger partial charge is 0.482 e. The van der Waals surface area contributed by atoms with E-state index in [0.29, 0.717) is 44.4 Å². The molecule has 0 amide bonds. The third-order valence-electron chi connectivity index (χ3n) is 6.03. The molecule has 3 N–H and O–H groups in total. The van der Waals surface area contributed by atoms with Crippen molar-refractivity contribution in [3.8, 4) is 16.9 Å². The van der Waals surface area contributed by atoms with Crippen molar-refractivity contribution in [3.05, 3.63) is 67.4 Å². The lowest BCUT2D eigenvalue weighted by Gasteiger charge is -2.16. The number of hydrogen-bond donors (Lipinski definition) is 3. The molecule has 0 radical (unpaired) electrons. The average Bonchev–Trinajstić information content (AvgIpc) is 3.61. The molecule has 15 heteroatoms. The Morgan fingerprint density at radius 2 is 1.88 bits per heavy atom. The number of halogens is 3. The molecule has 2 aromatic carbocycles. The van der Waals surface area contributed by atoms with Gasteiger partial charge >= 0.3 is 6.18 Å². The quantitative estimate of drug-likeness (QED) is 0.196. The minimum atomic E-state index is -4.53. The van der Waals surface area contributed by atoms with Crippen molar-refractivity contribution in [2.24, 2.45) is 7.05 Å². The molecule has 6 aromatic rings. The third-order valence-corrected chi connectivity index (χ3v) is 6.66. The first kappa shape index (κ1) is 26.1. The normalized spacial score (nSPS) is 11.8. The van der Waals surface area contributed by atoms with Crippen LogP contribution in [0.2, 0.25) is 0 Å².